The van der Waals surface area contributed by atoms with Gasteiger partial charge in [0.25, 0.3) is 0 Å². The number of hydrogen-bond donors (Lipinski definition) is 2. The van der Waals surface area contributed by atoms with Crippen molar-refractivity contribution in [3.8, 4) is 0 Å². The number of rotatable bonds is 4. The van der Waals surface area contributed by atoms with Crippen LogP contribution in [-0.2, 0) is 0 Å². The second kappa shape index (κ2) is 4.96. The molecule has 0 heterocycles. The molecule has 1 aliphatic carbocycles. The minimum Gasteiger partial charge on any atom is -0.409 e. The van der Waals surface area contributed by atoms with Gasteiger partial charge in [0.2, 0.25) is 0 Å². The van der Waals surface area contributed by atoms with Gasteiger partial charge < -0.3 is 15.8 Å². The van der Waals surface area contributed by atoms with Crippen molar-refractivity contribution < 1.29 is 5.21 Å². The van der Waals surface area contributed by atoms with E-state index in [9.17, 15) is 0 Å². The fraction of sp³-hybridized carbons (Fsp3) is 0.417. The molecule has 0 radical (unpaired) electrons. The SMILES string of the molecule is CCN(c1ccc(/C(N)=N/O)c(Br)c1)C1CC1. The highest BCUT2D eigenvalue weighted by atomic mass is 79.9. The van der Waals surface area contributed by atoms with E-state index in [1.165, 1.54) is 18.5 Å². The molecule has 0 aromatic heterocycles. The summed E-state index contributed by atoms with van der Waals surface area (Å²) in [5.41, 5.74) is 7.47. The van der Waals surface area contributed by atoms with Crippen LogP contribution in [0.4, 0.5) is 5.69 Å². The highest BCUT2D eigenvalue weighted by molar-refractivity contribution is 9.10. The lowest BCUT2D eigenvalue weighted by Gasteiger charge is -2.23. The summed E-state index contributed by atoms with van der Waals surface area (Å²) in [5.74, 6) is 0.123. The molecule has 0 atom stereocenters. The van der Waals surface area contributed by atoms with Crippen molar-refractivity contribution in [3.05, 3.63) is 28.2 Å². The fourth-order valence-corrected chi connectivity index (χ4v) is 2.55. The molecular weight excluding hydrogens is 282 g/mol. The zero-order valence-electron chi connectivity index (χ0n) is 9.73. The van der Waals surface area contributed by atoms with Gasteiger partial charge in [-0.3, -0.25) is 0 Å². The first-order valence-corrected chi connectivity index (χ1v) is 6.50. The molecule has 0 bridgehead atoms. The number of hydrogen-bond acceptors (Lipinski definition) is 3. The lowest BCUT2D eigenvalue weighted by Crippen LogP contribution is -2.25. The average molecular weight is 298 g/mol. The Kier molecular flexibility index (Phi) is 3.57. The second-order valence-corrected chi connectivity index (χ2v) is 5.02. The van der Waals surface area contributed by atoms with E-state index in [-0.39, 0.29) is 5.84 Å². The van der Waals surface area contributed by atoms with Crippen LogP contribution < -0.4 is 10.6 Å². The van der Waals surface area contributed by atoms with Gasteiger partial charge in [0.1, 0.15) is 0 Å². The fourth-order valence-electron chi connectivity index (χ4n) is 1.98. The molecular formula is C12H16BrN3O. The number of oxime groups is 1. The van der Waals surface area contributed by atoms with Crippen LogP contribution >= 0.6 is 15.9 Å². The molecule has 2 rings (SSSR count). The van der Waals surface area contributed by atoms with Crippen molar-refractivity contribution in [2.75, 3.05) is 11.4 Å². The summed E-state index contributed by atoms with van der Waals surface area (Å²) in [6, 6.07) is 6.59. The Labute approximate surface area is 109 Å². The summed E-state index contributed by atoms with van der Waals surface area (Å²) >= 11 is 3.46. The van der Waals surface area contributed by atoms with Crippen LogP contribution in [0.1, 0.15) is 25.3 Å². The van der Waals surface area contributed by atoms with E-state index >= 15 is 0 Å². The molecule has 1 aromatic rings. The van der Waals surface area contributed by atoms with Crippen molar-refractivity contribution >= 4 is 27.5 Å². The maximum absolute atomic E-state index is 8.67. The second-order valence-electron chi connectivity index (χ2n) is 4.17. The van der Waals surface area contributed by atoms with E-state index < -0.39 is 0 Å². The standard InChI is InChI=1S/C12H16BrN3O/c1-2-16(8-3-4-8)9-5-6-10(11(13)7-9)12(14)15-17/h5-8,17H,2-4H2,1H3,(H2,14,15). The third-order valence-electron chi connectivity index (χ3n) is 3.00. The Balaban J connectivity index is 2.29. The minimum absolute atomic E-state index is 0.123. The molecule has 92 valence electrons. The predicted molar refractivity (Wildman–Crippen MR) is 72.7 cm³/mol. The van der Waals surface area contributed by atoms with E-state index in [4.69, 9.17) is 10.9 Å². The molecule has 1 aromatic carbocycles. The smallest absolute Gasteiger partial charge is 0.171 e. The predicted octanol–water partition coefficient (Wildman–Crippen LogP) is 2.53. The molecule has 3 N–H and O–H groups in total. The monoisotopic (exact) mass is 297 g/mol. The molecule has 1 aliphatic rings. The zero-order valence-corrected chi connectivity index (χ0v) is 11.3. The largest absolute Gasteiger partial charge is 0.409 e. The maximum Gasteiger partial charge on any atom is 0.171 e. The van der Waals surface area contributed by atoms with E-state index in [2.05, 4.69) is 32.9 Å². The van der Waals surface area contributed by atoms with Gasteiger partial charge >= 0.3 is 0 Å². The van der Waals surface area contributed by atoms with Crippen LogP contribution in [0.25, 0.3) is 0 Å². The maximum atomic E-state index is 8.67. The summed E-state index contributed by atoms with van der Waals surface area (Å²) in [6.45, 7) is 3.16. The number of amidine groups is 1. The molecule has 0 amide bonds. The Morgan fingerprint density at radius 1 is 1.59 bits per heavy atom. The quantitative estimate of drug-likeness (QED) is 0.388. The molecule has 5 heteroatoms. The Bertz CT molecular complexity index is 443. The van der Waals surface area contributed by atoms with Crippen molar-refractivity contribution in [2.45, 2.75) is 25.8 Å². The van der Waals surface area contributed by atoms with Crippen LogP contribution in [0.15, 0.2) is 27.8 Å². The molecule has 4 nitrogen and oxygen atoms in total. The molecule has 1 fully saturated rings. The number of anilines is 1. The van der Waals surface area contributed by atoms with Crippen molar-refractivity contribution in [1.29, 1.82) is 0 Å². The molecule has 0 unspecified atom stereocenters. The van der Waals surface area contributed by atoms with Gasteiger partial charge in [-0.1, -0.05) is 5.16 Å². The lowest BCUT2D eigenvalue weighted by molar-refractivity contribution is 0.318. The van der Waals surface area contributed by atoms with Gasteiger partial charge in [0.05, 0.1) is 0 Å². The van der Waals surface area contributed by atoms with E-state index in [0.717, 1.165) is 11.0 Å². The van der Waals surface area contributed by atoms with Crippen molar-refractivity contribution in [3.63, 3.8) is 0 Å². The number of halogens is 1. The van der Waals surface area contributed by atoms with Crippen LogP contribution in [0, 0.1) is 0 Å². The minimum atomic E-state index is 0.123. The molecule has 0 aliphatic heterocycles. The number of benzene rings is 1. The van der Waals surface area contributed by atoms with E-state index in [0.29, 0.717) is 11.6 Å². The van der Waals surface area contributed by atoms with E-state index in [1.807, 2.05) is 18.2 Å². The van der Waals surface area contributed by atoms with Gasteiger partial charge in [-0.2, -0.15) is 0 Å². The molecule has 0 spiro atoms. The van der Waals surface area contributed by atoms with Gasteiger partial charge in [0, 0.05) is 28.3 Å². The first-order chi connectivity index (χ1) is 8.17. The summed E-state index contributed by atoms with van der Waals surface area (Å²) in [6.07, 6.45) is 2.54. The van der Waals surface area contributed by atoms with Gasteiger partial charge in [0.15, 0.2) is 5.84 Å². The van der Waals surface area contributed by atoms with Gasteiger partial charge in [-0.25, -0.2) is 0 Å². The summed E-state index contributed by atoms with van der Waals surface area (Å²) in [7, 11) is 0. The Morgan fingerprint density at radius 2 is 2.29 bits per heavy atom. The summed E-state index contributed by atoms with van der Waals surface area (Å²) in [4.78, 5) is 2.38. The van der Waals surface area contributed by atoms with Crippen LogP contribution in [-0.4, -0.2) is 23.6 Å². The molecule has 0 saturated heterocycles. The number of nitrogens with two attached hydrogens (primary N) is 1. The molecule has 1 saturated carbocycles. The molecule has 17 heavy (non-hydrogen) atoms. The summed E-state index contributed by atoms with van der Waals surface area (Å²) < 4.78 is 0.851. The number of nitrogens with zero attached hydrogens (tertiary/aromatic N) is 2. The van der Waals surface area contributed by atoms with Crippen LogP contribution in [0.5, 0.6) is 0 Å². The van der Waals surface area contributed by atoms with Gasteiger partial charge in [-0.15, -0.1) is 0 Å². The highest BCUT2D eigenvalue weighted by Crippen LogP contribution is 2.33. The Hall–Kier alpha value is -1.23. The van der Waals surface area contributed by atoms with Gasteiger partial charge in [-0.05, 0) is 53.9 Å². The Morgan fingerprint density at radius 3 is 2.76 bits per heavy atom. The van der Waals surface area contributed by atoms with Crippen molar-refractivity contribution in [1.82, 2.24) is 0 Å². The first kappa shape index (κ1) is 12.2. The first-order valence-electron chi connectivity index (χ1n) is 5.71. The summed E-state index contributed by atoms with van der Waals surface area (Å²) in [5, 5.41) is 11.7. The third kappa shape index (κ3) is 2.54. The lowest BCUT2D eigenvalue weighted by atomic mass is 10.2. The topological polar surface area (TPSA) is 61.8 Å². The van der Waals surface area contributed by atoms with Crippen LogP contribution in [0.3, 0.4) is 0 Å². The van der Waals surface area contributed by atoms with E-state index in [1.54, 1.807) is 0 Å². The zero-order chi connectivity index (χ0) is 12.4. The average Bonchev–Trinajstić information content (AvgIpc) is 3.14. The van der Waals surface area contributed by atoms with Crippen LogP contribution in [0.2, 0.25) is 0 Å². The third-order valence-corrected chi connectivity index (χ3v) is 3.65. The normalized spacial score (nSPS) is 16.0. The highest BCUT2D eigenvalue weighted by Gasteiger charge is 2.28. The van der Waals surface area contributed by atoms with Crippen molar-refractivity contribution in [2.24, 2.45) is 10.9 Å².